The van der Waals surface area contributed by atoms with Crippen molar-refractivity contribution in [2.75, 3.05) is 0 Å². The molecule has 1 nitrogen and oxygen atoms in total. The summed E-state index contributed by atoms with van der Waals surface area (Å²) in [5.74, 6) is 1.72. The van der Waals surface area contributed by atoms with Crippen LogP contribution in [0.1, 0.15) is 19.8 Å². The summed E-state index contributed by atoms with van der Waals surface area (Å²) in [6.45, 7) is 5.44. The van der Waals surface area contributed by atoms with E-state index < -0.39 is 0 Å². The van der Waals surface area contributed by atoms with Crippen LogP contribution < -0.4 is 0 Å². The normalized spacial score (nSPS) is 7.71. The third kappa shape index (κ3) is 3.28. The number of allylic oxidation sites excluding steroid dienone is 1. The minimum atomic E-state index is 0.572. The summed E-state index contributed by atoms with van der Waals surface area (Å²) in [6, 6.07) is 0. The number of hydrogen-bond donors (Lipinski definition) is 0. The van der Waals surface area contributed by atoms with Crippen LogP contribution in [0.25, 0.3) is 0 Å². The van der Waals surface area contributed by atoms with Crippen LogP contribution in [0, 0.1) is 6.92 Å². The van der Waals surface area contributed by atoms with Crippen LogP contribution >= 0.6 is 0 Å². The summed E-state index contributed by atoms with van der Waals surface area (Å²) >= 11 is 0. The zero-order valence-corrected chi connectivity index (χ0v) is 4.53. The summed E-state index contributed by atoms with van der Waals surface area (Å²) in [5, 5.41) is 0. The van der Waals surface area contributed by atoms with Gasteiger partial charge in [0.1, 0.15) is 5.94 Å². The second-order valence-electron chi connectivity index (χ2n) is 1.46. The first kappa shape index (κ1) is 6.45. The van der Waals surface area contributed by atoms with Gasteiger partial charge in [-0.05, 0) is 13.3 Å². The molecule has 0 saturated heterocycles. The first-order valence-electron chi connectivity index (χ1n) is 2.37. The van der Waals surface area contributed by atoms with Gasteiger partial charge >= 0.3 is 0 Å². The molecule has 0 atom stereocenters. The van der Waals surface area contributed by atoms with Crippen molar-refractivity contribution in [3.8, 4) is 0 Å². The molecule has 0 saturated carbocycles. The Morgan fingerprint density at radius 1 is 1.86 bits per heavy atom. The molecule has 1 radical (unpaired) electrons. The summed E-state index contributed by atoms with van der Waals surface area (Å²) in [7, 11) is 0. The van der Waals surface area contributed by atoms with E-state index in [4.69, 9.17) is 0 Å². The Morgan fingerprint density at radius 3 is 2.57 bits per heavy atom. The van der Waals surface area contributed by atoms with Gasteiger partial charge in [0.15, 0.2) is 0 Å². The highest BCUT2D eigenvalue weighted by Gasteiger charge is 1.82. The van der Waals surface area contributed by atoms with E-state index in [2.05, 4.69) is 6.92 Å². The smallest absolute Gasteiger partial charge is 0.123 e. The van der Waals surface area contributed by atoms with Crippen LogP contribution in [0.15, 0.2) is 5.57 Å². The Bertz CT molecular complexity index is 88.4. The van der Waals surface area contributed by atoms with E-state index in [1.54, 1.807) is 5.94 Å². The quantitative estimate of drug-likeness (QED) is 0.476. The number of carbonyl (C=O) groups excluding carboxylic acids is 1. The topological polar surface area (TPSA) is 17.1 Å². The van der Waals surface area contributed by atoms with Gasteiger partial charge in [-0.15, -0.1) is 0 Å². The Kier molecular flexibility index (Phi) is 3.35. The van der Waals surface area contributed by atoms with Gasteiger partial charge in [-0.2, -0.15) is 0 Å². The van der Waals surface area contributed by atoms with Gasteiger partial charge in [0.05, 0.1) is 0 Å². The maximum absolute atomic E-state index is 9.67. The molecule has 7 heavy (non-hydrogen) atoms. The minimum absolute atomic E-state index is 0.572. The first-order valence-corrected chi connectivity index (χ1v) is 2.37. The molecule has 0 unspecified atom stereocenters. The van der Waals surface area contributed by atoms with Crippen molar-refractivity contribution in [3.05, 3.63) is 12.5 Å². The van der Waals surface area contributed by atoms with Crippen molar-refractivity contribution < 1.29 is 4.79 Å². The van der Waals surface area contributed by atoms with Gasteiger partial charge in [-0.1, -0.05) is 13.3 Å². The van der Waals surface area contributed by atoms with E-state index in [0.29, 0.717) is 5.57 Å². The van der Waals surface area contributed by atoms with Crippen molar-refractivity contribution in [1.29, 1.82) is 0 Å². The highest BCUT2D eigenvalue weighted by atomic mass is 16.1. The lowest BCUT2D eigenvalue weighted by Gasteiger charge is -1.84. The van der Waals surface area contributed by atoms with E-state index in [-0.39, 0.29) is 0 Å². The van der Waals surface area contributed by atoms with Gasteiger partial charge in [0.25, 0.3) is 0 Å². The van der Waals surface area contributed by atoms with Crippen LogP contribution in [-0.2, 0) is 4.79 Å². The monoisotopic (exact) mass is 97.1 g/mol. The average molecular weight is 97.1 g/mol. The predicted octanol–water partition coefficient (Wildman–Crippen LogP) is 1.38. The van der Waals surface area contributed by atoms with Gasteiger partial charge in [-0.3, -0.25) is 0 Å². The average Bonchev–Trinajstić information content (AvgIpc) is 1.68. The van der Waals surface area contributed by atoms with Gasteiger partial charge < -0.3 is 0 Å². The van der Waals surface area contributed by atoms with E-state index in [1.165, 1.54) is 0 Å². The molecule has 0 aliphatic heterocycles. The summed E-state index contributed by atoms with van der Waals surface area (Å²) < 4.78 is 0. The van der Waals surface area contributed by atoms with Crippen molar-refractivity contribution in [1.82, 2.24) is 0 Å². The van der Waals surface area contributed by atoms with Crippen LogP contribution in [-0.4, -0.2) is 5.94 Å². The van der Waals surface area contributed by atoms with Gasteiger partial charge in [0, 0.05) is 5.57 Å². The zero-order valence-electron chi connectivity index (χ0n) is 4.53. The third-order valence-electron chi connectivity index (χ3n) is 0.696. The largest absolute Gasteiger partial charge is 0.234 e. The molecule has 0 aromatic heterocycles. The predicted molar refractivity (Wildman–Crippen MR) is 29.5 cm³/mol. The van der Waals surface area contributed by atoms with Gasteiger partial charge in [-0.25, -0.2) is 4.79 Å². The highest BCUT2D eigenvalue weighted by Crippen LogP contribution is 1.95. The molecule has 0 rings (SSSR count). The Labute approximate surface area is 44.0 Å². The van der Waals surface area contributed by atoms with Crippen molar-refractivity contribution >= 4 is 5.94 Å². The van der Waals surface area contributed by atoms with Crippen LogP contribution in [0.4, 0.5) is 0 Å². The standard InChI is InChI=1S/C6H9O/c1-3-4-6(2)5-7/h2-4H2,1H3. The molecule has 0 heterocycles. The highest BCUT2D eigenvalue weighted by molar-refractivity contribution is 5.53. The Balaban J connectivity index is 3.37. The molecule has 1 heteroatoms. The summed E-state index contributed by atoms with van der Waals surface area (Å²) in [4.78, 5) is 9.67. The Morgan fingerprint density at radius 2 is 2.43 bits per heavy atom. The van der Waals surface area contributed by atoms with Crippen LogP contribution in [0.5, 0.6) is 0 Å². The fourth-order valence-corrected chi connectivity index (χ4v) is 0.353. The van der Waals surface area contributed by atoms with E-state index >= 15 is 0 Å². The van der Waals surface area contributed by atoms with Crippen molar-refractivity contribution in [2.24, 2.45) is 0 Å². The molecule has 39 valence electrons. The summed E-state index contributed by atoms with van der Waals surface area (Å²) in [5.41, 5.74) is 0.572. The molecular weight excluding hydrogens is 88.1 g/mol. The molecule has 0 amide bonds. The van der Waals surface area contributed by atoms with Crippen molar-refractivity contribution in [3.63, 3.8) is 0 Å². The van der Waals surface area contributed by atoms with Crippen LogP contribution in [0.3, 0.4) is 0 Å². The van der Waals surface area contributed by atoms with Gasteiger partial charge in [0.2, 0.25) is 0 Å². The van der Waals surface area contributed by atoms with E-state index in [1.807, 2.05) is 6.92 Å². The maximum Gasteiger partial charge on any atom is 0.123 e. The SMILES string of the molecule is [CH2]C(=C=O)CCC. The molecule has 0 aliphatic carbocycles. The number of hydrogen-bond acceptors (Lipinski definition) is 1. The first-order chi connectivity index (χ1) is 3.31. The fraction of sp³-hybridized carbons (Fsp3) is 0.500. The third-order valence-corrected chi connectivity index (χ3v) is 0.696. The molecule has 0 aromatic carbocycles. The van der Waals surface area contributed by atoms with Crippen molar-refractivity contribution in [2.45, 2.75) is 19.8 Å². The molecule has 0 aromatic rings. The van der Waals surface area contributed by atoms with E-state index in [0.717, 1.165) is 12.8 Å². The van der Waals surface area contributed by atoms with Crippen LogP contribution in [0.2, 0.25) is 0 Å². The lowest BCUT2D eigenvalue weighted by molar-refractivity contribution is 0.566. The molecule has 0 bridgehead atoms. The number of rotatable bonds is 2. The maximum atomic E-state index is 9.67. The molecule has 0 fully saturated rings. The lowest BCUT2D eigenvalue weighted by Crippen LogP contribution is -1.73. The fourth-order valence-electron chi connectivity index (χ4n) is 0.353. The second-order valence-corrected chi connectivity index (χ2v) is 1.46. The molecular formula is C6H9O. The second kappa shape index (κ2) is 3.63. The van der Waals surface area contributed by atoms with E-state index in [9.17, 15) is 4.79 Å². The minimum Gasteiger partial charge on any atom is -0.234 e. The molecule has 0 N–H and O–H groups in total. The lowest BCUT2D eigenvalue weighted by atomic mass is 10.2. The molecule has 0 aliphatic rings. The zero-order chi connectivity index (χ0) is 5.70. The summed E-state index contributed by atoms with van der Waals surface area (Å²) in [6.07, 6.45) is 1.76. The molecule has 0 spiro atoms. The Hall–Kier alpha value is -0.550.